The van der Waals surface area contributed by atoms with Crippen molar-refractivity contribution in [2.45, 2.75) is 31.8 Å². The van der Waals surface area contributed by atoms with E-state index in [1.165, 1.54) is 11.3 Å². The number of thiophene rings is 1. The zero-order valence-electron chi connectivity index (χ0n) is 11.2. The van der Waals surface area contributed by atoms with Gasteiger partial charge in [0.05, 0.1) is 10.4 Å². The molecular formula is C14H16ClN3OS. The van der Waals surface area contributed by atoms with Crippen LogP contribution in [-0.4, -0.2) is 36.0 Å². The molecule has 4 heterocycles. The molecule has 3 saturated heterocycles. The number of piperidine rings is 3. The molecule has 0 aliphatic carbocycles. The monoisotopic (exact) mass is 309 g/mol. The Hall–Kier alpha value is -1.09. The minimum Gasteiger partial charge on any atom is -0.347 e. The van der Waals surface area contributed by atoms with Crippen molar-refractivity contribution in [1.82, 2.24) is 10.2 Å². The van der Waals surface area contributed by atoms with Crippen LogP contribution >= 0.6 is 22.9 Å². The molecule has 3 aliphatic rings. The number of nitriles is 1. The first kappa shape index (κ1) is 13.9. The lowest BCUT2D eigenvalue weighted by Gasteiger charge is -2.49. The third-order valence-corrected chi connectivity index (χ3v) is 5.86. The van der Waals surface area contributed by atoms with E-state index in [-0.39, 0.29) is 11.9 Å². The molecule has 3 fully saturated rings. The number of nitrogens with one attached hydrogen (secondary N) is 1. The van der Waals surface area contributed by atoms with E-state index in [4.69, 9.17) is 16.9 Å². The first-order valence-corrected chi connectivity index (χ1v) is 8.04. The van der Waals surface area contributed by atoms with E-state index in [0.717, 1.165) is 25.9 Å². The molecule has 1 N–H and O–H groups in total. The maximum absolute atomic E-state index is 12.3. The van der Waals surface area contributed by atoms with Crippen LogP contribution in [0.25, 0.3) is 0 Å². The molecule has 1 amide bonds. The van der Waals surface area contributed by atoms with Gasteiger partial charge in [0.15, 0.2) is 0 Å². The summed E-state index contributed by atoms with van der Waals surface area (Å²) in [6.07, 6.45) is 2.31. The average molecular weight is 310 g/mol. The Kier molecular flexibility index (Phi) is 3.72. The van der Waals surface area contributed by atoms with E-state index >= 15 is 0 Å². The zero-order valence-corrected chi connectivity index (χ0v) is 12.8. The van der Waals surface area contributed by atoms with Crippen molar-refractivity contribution < 1.29 is 4.79 Å². The largest absolute Gasteiger partial charge is 0.347 e. The van der Waals surface area contributed by atoms with E-state index in [1.54, 1.807) is 6.07 Å². The molecule has 4 rings (SSSR count). The van der Waals surface area contributed by atoms with Gasteiger partial charge in [-0.25, -0.2) is 0 Å². The number of fused-ring (bicyclic) bond motifs is 3. The molecule has 0 aromatic carbocycles. The van der Waals surface area contributed by atoms with Crippen molar-refractivity contribution in [3.63, 3.8) is 0 Å². The normalized spacial score (nSPS) is 31.9. The van der Waals surface area contributed by atoms with E-state index < -0.39 is 0 Å². The van der Waals surface area contributed by atoms with Gasteiger partial charge in [-0.1, -0.05) is 11.6 Å². The zero-order chi connectivity index (χ0) is 14.3. The summed E-state index contributed by atoms with van der Waals surface area (Å²) in [6.45, 7) is 4.46. The number of halogens is 1. The van der Waals surface area contributed by atoms with Crippen LogP contribution in [-0.2, 0) is 0 Å². The van der Waals surface area contributed by atoms with Gasteiger partial charge in [-0.15, -0.1) is 11.3 Å². The molecule has 0 radical (unpaired) electrons. The fourth-order valence-corrected chi connectivity index (χ4v) is 4.41. The Labute approximate surface area is 127 Å². The summed E-state index contributed by atoms with van der Waals surface area (Å²) in [5.41, 5.74) is 0.378. The van der Waals surface area contributed by atoms with Gasteiger partial charge in [-0.3, -0.25) is 9.69 Å². The molecule has 1 aromatic rings. The van der Waals surface area contributed by atoms with Crippen molar-refractivity contribution in [3.8, 4) is 6.07 Å². The number of carbonyl (C=O) groups excluding carboxylic acids is 1. The number of hydrogen-bond acceptors (Lipinski definition) is 4. The van der Waals surface area contributed by atoms with E-state index in [2.05, 4.69) is 17.1 Å². The lowest BCUT2D eigenvalue weighted by molar-refractivity contribution is 0.0218. The second kappa shape index (κ2) is 5.36. The number of amides is 1. The van der Waals surface area contributed by atoms with Crippen LogP contribution in [0.4, 0.5) is 0 Å². The smallest absolute Gasteiger partial charge is 0.261 e. The van der Waals surface area contributed by atoms with Gasteiger partial charge in [-0.05, 0) is 44.8 Å². The number of carbonyl (C=O) groups is 1. The highest BCUT2D eigenvalue weighted by atomic mass is 35.5. The number of rotatable bonds is 2. The molecule has 4 nitrogen and oxygen atoms in total. The highest BCUT2D eigenvalue weighted by Gasteiger charge is 2.40. The summed E-state index contributed by atoms with van der Waals surface area (Å²) in [4.78, 5) is 15.3. The first-order chi connectivity index (χ1) is 9.60. The standard InChI is InChI=1S/C14H16ClN3OS/c1-8-12(9-2-4-18(8)5-3-9)17-14(19)11-6-10(7-16)13(15)20-11/h6,8-9,12H,2-5H2,1H3,(H,17,19). The van der Waals surface area contributed by atoms with Gasteiger partial charge in [0.25, 0.3) is 5.91 Å². The van der Waals surface area contributed by atoms with Gasteiger partial charge in [0.1, 0.15) is 10.4 Å². The maximum Gasteiger partial charge on any atom is 0.261 e. The second-order valence-electron chi connectivity index (χ2n) is 5.52. The second-order valence-corrected chi connectivity index (χ2v) is 7.18. The van der Waals surface area contributed by atoms with Crippen molar-refractivity contribution in [2.75, 3.05) is 13.1 Å². The van der Waals surface area contributed by atoms with Crippen LogP contribution in [0.1, 0.15) is 35.0 Å². The Bertz CT molecular complexity index is 569. The molecule has 20 heavy (non-hydrogen) atoms. The number of hydrogen-bond donors (Lipinski definition) is 1. The molecule has 0 spiro atoms. The Morgan fingerprint density at radius 2 is 2.25 bits per heavy atom. The summed E-state index contributed by atoms with van der Waals surface area (Å²) < 4.78 is 0.389. The molecule has 3 aliphatic heterocycles. The molecule has 0 saturated carbocycles. The lowest BCUT2D eigenvalue weighted by Crippen LogP contribution is -2.62. The first-order valence-electron chi connectivity index (χ1n) is 6.84. The average Bonchev–Trinajstić information content (AvgIpc) is 2.84. The van der Waals surface area contributed by atoms with Crippen molar-refractivity contribution in [3.05, 3.63) is 20.8 Å². The molecule has 2 atom stereocenters. The van der Waals surface area contributed by atoms with Gasteiger partial charge >= 0.3 is 0 Å². The van der Waals surface area contributed by atoms with Crippen molar-refractivity contribution in [2.24, 2.45) is 5.92 Å². The summed E-state index contributed by atoms with van der Waals surface area (Å²) >= 11 is 7.11. The minimum absolute atomic E-state index is 0.107. The number of nitrogens with zero attached hydrogens (tertiary/aromatic N) is 2. The van der Waals surface area contributed by atoms with Crippen LogP contribution in [0.2, 0.25) is 4.34 Å². The Morgan fingerprint density at radius 1 is 1.55 bits per heavy atom. The molecule has 2 bridgehead atoms. The third kappa shape index (κ3) is 2.32. The molecule has 106 valence electrons. The Morgan fingerprint density at radius 3 is 2.80 bits per heavy atom. The van der Waals surface area contributed by atoms with E-state index in [0.29, 0.717) is 26.7 Å². The van der Waals surface area contributed by atoms with Gasteiger partial charge < -0.3 is 5.32 Å². The van der Waals surface area contributed by atoms with Crippen molar-refractivity contribution >= 4 is 28.8 Å². The predicted molar refractivity (Wildman–Crippen MR) is 79.1 cm³/mol. The highest BCUT2D eigenvalue weighted by Crippen LogP contribution is 2.33. The highest BCUT2D eigenvalue weighted by molar-refractivity contribution is 7.18. The van der Waals surface area contributed by atoms with Crippen LogP contribution in [0.5, 0.6) is 0 Å². The minimum atomic E-state index is -0.107. The third-order valence-electron chi connectivity index (χ3n) is 4.51. The maximum atomic E-state index is 12.3. The molecule has 1 aromatic heterocycles. The van der Waals surface area contributed by atoms with Crippen LogP contribution in [0.15, 0.2) is 6.07 Å². The Balaban J connectivity index is 1.74. The van der Waals surface area contributed by atoms with E-state index in [9.17, 15) is 4.79 Å². The fraction of sp³-hybridized carbons (Fsp3) is 0.571. The summed E-state index contributed by atoms with van der Waals surface area (Å²) in [5.74, 6) is 0.467. The fourth-order valence-electron chi connectivity index (χ4n) is 3.32. The van der Waals surface area contributed by atoms with Gasteiger partial charge in [0.2, 0.25) is 0 Å². The summed E-state index contributed by atoms with van der Waals surface area (Å²) in [7, 11) is 0. The van der Waals surface area contributed by atoms with E-state index in [1.807, 2.05) is 6.07 Å². The van der Waals surface area contributed by atoms with Gasteiger partial charge in [0, 0.05) is 12.1 Å². The quantitative estimate of drug-likeness (QED) is 0.913. The van der Waals surface area contributed by atoms with Crippen molar-refractivity contribution in [1.29, 1.82) is 5.26 Å². The molecule has 2 unspecified atom stereocenters. The molecular weight excluding hydrogens is 294 g/mol. The topological polar surface area (TPSA) is 56.1 Å². The summed E-state index contributed by atoms with van der Waals surface area (Å²) in [5, 5.41) is 12.0. The lowest BCUT2D eigenvalue weighted by atomic mass is 9.79. The van der Waals surface area contributed by atoms with Crippen LogP contribution < -0.4 is 5.32 Å². The molecule has 6 heteroatoms. The van der Waals surface area contributed by atoms with Gasteiger partial charge in [-0.2, -0.15) is 5.26 Å². The predicted octanol–water partition coefficient (Wildman–Crippen LogP) is 2.49. The summed E-state index contributed by atoms with van der Waals surface area (Å²) in [6, 6.07) is 4.17. The van der Waals surface area contributed by atoms with Crippen LogP contribution in [0, 0.1) is 17.2 Å². The van der Waals surface area contributed by atoms with Crippen LogP contribution in [0.3, 0.4) is 0 Å². The SMILES string of the molecule is CC1C(NC(=O)c2cc(C#N)c(Cl)s2)C2CCN1CC2.